The first-order valence-electron chi connectivity index (χ1n) is 10.7. The maximum absolute atomic E-state index is 12.7. The van der Waals surface area contributed by atoms with Gasteiger partial charge < -0.3 is 22.1 Å². The summed E-state index contributed by atoms with van der Waals surface area (Å²) >= 11 is 0. The van der Waals surface area contributed by atoms with E-state index in [1.54, 1.807) is 37.4 Å². The van der Waals surface area contributed by atoms with Crippen molar-refractivity contribution in [2.45, 2.75) is 13.8 Å². The van der Waals surface area contributed by atoms with Crippen molar-refractivity contribution in [1.82, 2.24) is 4.98 Å². The summed E-state index contributed by atoms with van der Waals surface area (Å²) in [5.74, 6) is -0.302. The summed E-state index contributed by atoms with van der Waals surface area (Å²) in [6.07, 6.45) is 1.78. The third kappa shape index (κ3) is 5.36. The average molecular weight is 452 g/mol. The van der Waals surface area contributed by atoms with Crippen molar-refractivity contribution in [3.05, 3.63) is 95.7 Å². The van der Waals surface area contributed by atoms with Crippen LogP contribution in [0.4, 0.5) is 17.1 Å². The van der Waals surface area contributed by atoms with Crippen LogP contribution in [0.2, 0.25) is 0 Å². The second-order valence-electron chi connectivity index (χ2n) is 7.82. The molecule has 0 radical (unpaired) electrons. The molecule has 0 aliphatic heterocycles. The minimum atomic E-state index is -0.199. The highest BCUT2D eigenvalue weighted by atomic mass is 16.1. The Bertz CT molecular complexity index is 1390. The number of guanidine groups is 1. The Labute approximate surface area is 197 Å². The van der Waals surface area contributed by atoms with E-state index in [0.717, 1.165) is 27.8 Å². The van der Waals surface area contributed by atoms with E-state index in [4.69, 9.17) is 11.5 Å². The fourth-order valence-electron chi connectivity index (χ4n) is 3.42. The van der Waals surface area contributed by atoms with Gasteiger partial charge in [-0.05, 0) is 74.0 Å². The number of benzene rings is 3. The molecule has 4 rings (SSSR count). The fraction of sp³-hybridized carbons (Fsp3) is 0.0769. The van der Waals surface area contributed by atoms with Crippen molar-refractivity contribution in [3.8, 4) is 0 Å². The van der Waals surface area contributed by atoms with Crippen LogP contribution in [0.1, 0.15) is 28.4 Å². The lowest BCUT2D eigenvalue weighted by molar-refractivity contribution is 0.102. The molecule has 0 aliphatic rings. The number of nitrogens with zero attached hydrogens (tertiary/aromatic N) is 3. The molecule has 0 saturated carbocycles. The van der Waals surface area contributed by atoms with Crippen molar-refractivity contribution in [1.29, 1.82) is 0 Å². The van der Waals surface area contributed by atoms with Crippen LogP contribution in [0.5, 0.6) is 0 Å². The summed E-state index contributed by atoms with van der Waals surface area (Å²) < 4.78 is 0. The quantitative estimate of drug-likeness (QED) is 0.194. The molecule has 0 spiro atoms. The van der Waals surface area contributed by atoms with Crippen molar-refractivity contribution in [2.24, 2.45) is 21.7 Å². The number of hydrogen-bond acceptors (Lipinski definition) is 5. The van der Waals surface area contributed by atoms with Crippen LogP contribution in [-0.2, 0) is 0 Å². The van der Waals surface area contributed by atoms with Crippen LogP contribution in [0.15, 0.2) is 89.2 Å². The van der Waals surface area contributed by atoms with Crippen LogP contribution in [-0.4, -0.2) is 22.6 Å². The van der Waals surface area contributed by atoms with E-state index < -0.39 is 0 Å². The lowest BCUT2D eigenvalue weighted by atomic mass is 10.1. The number of aryl methyl sites for hydroxylation is 1. The maximum Gasteiger partial charge on any atom is 0.255 e. The predicted octanol–water partition coefficient (Wildman–Crippen LogP) is 4.54. The van der Waals surface area contributed by atoms with Gasteiger partial charge in [0.1, 0.15) is 0 Å². The third-order valence-corrected chi connectivity index (χ3v) is 5.20. The second kappa shape index (κ2) is 9.83. The number of aromatic nitrogens is 1. The van der Waals surface area contributed by atoms with Gasteiger partial charge in [0.15, 0.2) is 0 Å². The Kier molecular flexibility index (Phi) is 6.49. The molecule has 1 heterocycles. The molecule has 34 heavy (non-hydrogen) atoms. The molecule has 0 unspecified atom stereocenters. The van der Waals surface area contributed by atoms with E-state index in [1.165, 1.54) is 5.56 Å². The Hall–Kier alpha value is -4.72. The van der Waals surface area contributed by atoms with Crippen LogP contribution >= 0.6 is 0 Å². The lowest BCUT2D eigenvalue weighted by Gasteiger charge is -2.11. The molecule has 6 N–H and O–H groups in total. The monoisotopic (exact) mass is 451 g/mol. The molecule has 1 aromatic heterocycles. The summed E-state index contributed by atoms with van der Waals surface area (Å²) in [6, 6.07) is 22.7. The van der Waals surface area contributed by atoms with Gasteiger partial charge in [0.05, 0.1) is 11.2 Å². The molecule has 1 amide bonds. The first-order valence-corrected chi connectivity index (χ1v) is 10.7. The second-order valence-corrected chi connectivity index (χ2v) is 7.82. The molecule has 3 aromatic carbocycles. The molecule has 0 aliphatic carbocycles. The van der Waals surface area contributed by atoms with Crippen molar-refractivity contribution in [3.63, 3.8) is 0 Å². The smallest absolute Gasteiger partial charge is 0.255 e. The van der Waals surface area contributed by atoms with E-state index in [9.17, 15) is 4.79 Å². The zero-order chi connectivity index (χ0) is 24.1. The number of nitrogens with two attached hydrogens (primary N) is 2. The number of hydrogen-bond donors (Lipinski definition) is 4. The van der Waals surface area contributed by atoms with Gasteiger partial charge in [-0.2, -0.15) is 5.10 Å². The summed E-state index contributed by atoms with van der Waals surface area (Å²) in [6.45, 7) is 3.85. The average Bonchev–Trinajstić information content (AvgIpc) is 2.84. The number of nitrogens with one attached hydrogen (secondary N) is 2. The third-order valence-electron chi connectivity index (χ3n) is 5.20. The molecular weight excluding hydrogens is 426 g/mol. The maximum atomic E-state index is 12.7. The summed E-state index contributed by atoms with van der Waals surface area (Å²) in [5, 5.41) is 15.0. The van der Waals surface area contributed by atoms with E-state index in [-0.39, 0.29) is 11.9 Å². The molecule has 4 aromatic rings. The van der Waals surface area contributed by atoms with Crippen LogP contribution in [0.3, 0.4) is 0 Å². The van der Waals surface area contributed by atoms with Gasteiger partial charge in [-0.1, -0.05) is 23.8 Å². The lowest BCUT2D eigenvalue weighted by Crippen LogP contribution is -2.22. The minimum absolute atomic E-state index is 0.103. The number of rotatable bonds is 6. The predicted molar refractivity (Wildman–Crippen MR) is 139 cm³/mol. The Morgan fingerprint density at radius 3 is 2.24 bits per heavy atom. The van der Waals surface area contributed by atoms with E-state index in [0.29, 0.717) is 17.0 Å². The van der Waals surface area contributed by atoms with Crippen LogP contribution in [0.25, 0.3) is 10.9 Å². The molecule has 0 atom stereocenters. The molecule has 0 fully saturated rings. The van der Waals surface area contributed by atoms with Gasteiger partial charge in [-0.15, -0.1) is 5.10 Å². The molecule has 170 valence electrons. The molecule has 8 heteroatoms. The SMILES string of the molecule is C/C(=N/N=C(N)N)c1ccc(NC(=O)c2ccc(Nc3ccnc4ccc(C)cc34)cc2)cc1. The first-order chi connectivity index (χ1) is 16.4. The van der Waals surface area contributed by atoms with Crippen LogP contribution in [0, 0.1) is 6.92 Å². The topological polar surface area (TPSA) is 131 Å². The highest BCUT2D eigenvalue weighted by Crippen LogP contribution is 2.26. The molecule has 0 bridgehead atoms. The number of carbonyl (C=O) groups is 1. The van der Waals surface area contributed by atoms with Crippen LogP contribution < -0.4 is 22.1 Å². The van der Waals surface area contributed by atoms with Crippen molar-refractivity contribution in [2.75, 3.05) is 10.6 Å². The Morgan fingerprint density at radius 2 is 1.53 bits per heavy atom. The van der Waals surface area contributed by atoms with Gasteiger partial charge in [-0.3, -0.25) is 9.78 Å². The standard InChI is InChI=1S/C26H25N7O/c1-16-3-12-23-22(15-16)24(13-14-29-23)30-20-10-6-19(7-11-20)25(34)31-21-8-4-18(5-9-21)17(2)32-33-26(27)28/h3-15H,1-2H3,(H,29,30)(H,31,34)(H4,27,28,33)/b32-17-. The van der Waals surface area contributed by atoms with Crippen molar-refractivity contribution < 1.29 is 4.79 Å². The summed E-state index contributed by atoms with van der Waals surface area (Å²) in [4.78, 5) is 17.1. The number of carbonyl (C=O) groups excluding carboxylic acids is 1. The van der Waals surface area contributed by atoms with E-state index in [1.807, 2.05) is 42.5 Å². The number of amides is 1. The Morgan fingerprint density at radius 1 is 0.853 bits per heavy atom. The first kappa shape index (κ1) is 22.5. The summed E-state index contributed by atoms with van der Waals surface area (Å²) in [7, 11) is 0. The van der Waals surface area contributed by atoms with Gasteiger partial charge in [-0.25, -0.2) is 0 Å². The largest absolute Gasteiger partial charge is 0.369 e. The summed E-state index contributed by atoms with van der Waals surface area (Å²) in [5.41, 5.74) is 17.3. The zero-order valence-corrected chi connectivity index (χ0v) is 18.9. The number of fused-ring (bicyclic) bond motifs is 1. The molecular formula is C26H25N7O. The number of anilines is 3. The van der Waals surface area contributed by atoms with E-state index >= 15 is 0 Å². The highest BCUT2D eigenvalue weighted by molar-refractivity contribution is 6.05. The molecule has 8 nitrogen and oxygen atoms in total. The van der Waals surface area contributed by atoms with Gasteiger partial charge in [0.2, 0.25) is 5.96 Å². The normalized spacial score (nSPS) is 11.2. The number of pyridine rings is 1. The zero-order valence-electron chi connectivity index (χ0n) is 18.9. The highest BCUT2D eigenvalue weighted by Gasteiger charge is 2.08. The van der Waals surface area contributed by atoms with E-state index in [2.05, 4.69) is 38.8 Å². The van der Waals surface area contributed by atoms with Gasteiger partial charge in [0, 0.05) is 34.2 Å². The van der Waals surface area contributed by atoms with Gasteiger partial charge in [0.25, 0.3) is 5.91 Å². The van der Waals surface area contributed by atoms with Crippen molar-refractivity contribution >= 4 is 45.5 Å². The molecule has 0 saturated heterocycles. The van der Waals surface area contributed by atoms with Gasteiger partial charge >= 0.3 is 0 Å². The minimum Gasteiger partial charge on any atom is -0.369 e. The fourth-order valence-corrected chi connectivity index (χ4v) is 3.42. The Balaban J connectivity index is 1.43.